The third kappa shape index (κ3) is 3.98. The molecule has 120 valence electrons. The SMILES string of the molecule is CCOC1(C(=O)Nc2ccc(OCC(N)=O)cc2)CCCC1. The smallest absolute Gasteiger partial charge is 0.256 e. The number of primary amides is 1. The molecule has 0 aromatic heterocycles. The summed E-state index contributed by atoms with van der Waals surface area (Å²) in [7, 11) is 0. The number of amides is 2. The highest BCUT2D eigenvalue weighted by molar-refractivity contribution is 5.97. The summed E-state index contributed by atoms with van der Waals surface area (Å²) in [6.45, 7) is 2.25. The molecule has 2 rings (SSSR count). The summed E-state index contributed by atoms with van der Waals surface area (Å²) in [5, 5.41) is 2.89. The summed E-state index contributed by atoms with van der Waals surface area (Å²) in [6.07, 6.45) is 3.53. The van der Waals surface area contributed by atoms with Crippen molar-refractivity contribution in [1.82, 2.24) is 0 Å². The first kappa shape index (κ1) is 16.3. The van der Waals surface area contributed by atoms with Gasteiger partial charge >= 0.3 is 0 Å². The van der Waals surface area contributed by atoms with Crippen molar-refractivity contribution in [1.29, 1.82) is 0 Å². The van der Waals surface area contributed by atoms with Crippen molar-refractivity contribution < 1.29 is 19.1 Å². The van der Waals surface area contributed by atoms with E-state index in [1.54, 1.807) is 24.3 Å². The van der Waals surface area contributed by atoms with Gasteiger partial charge in [-0.2, -0.15) is 0 Å². The predicted molar refractivity (Wildman–Crippen MR) is 82.6 cm³/mol. The molecular formula is C16H22N2O4. The average molecular weight is 306 g/mol. The molecule has 0 atom stereocenters. The number of nitrogens with one attached hydrogen (secondary N) is 1. The number of rotatable bonds is 7. The lowest BCUT2D eigenvalue weighted by molar-refractivity contribution is -0.140. The molecule has 0 radical (unpaired) electrons. The van der Waals surface area contributed by atoms with Gasteiger partial charge in [-0.15, -0.1) is 0 Å². The highest BCUT2D eigenvalue weighted by Crippen LogP contribution is 2.34. The van der Waals surface area contributed by atoms with E-state index < -0.39 is 11.5 Å². The van der Waals surface area contributed by atoms with Gasteiger partial charge in [0.25, 0.3) is 11.8 Å². The minimum Gasteiger partial charge on any atom is -0.484 e. The number of carbonyl (C=O) groups excluding carboxylic acids is 2. The second-order valence-corrected chi connectivity index (χ2v) is 5.37. The normalized spacial score (nSPS) is 16.2. The fourth-order valence-corrected chi connectivity index (χ4v) is 2.69. The van der Waals surface area contributed by atoms with Crippen LogP contribution < -0.4 is 15.8 Å². The van der Waals surface area contributed by atoms with E-state index in [1.165, 1.54) is 0 Å². The molecule has 1 aromatic carbocycles. The van der Waals surface area contributed by atoms with E-state index in [4.69, 9.17) is 15.2 Å². The van der Waals surface area contributed by atoms with Crippen molar-refractivity contribution in [2.24, 2.45) is 5.73 Å². The Bertz CT molecular complexity index is 521. The van der Waals surface area contributed by atoms with Crippen LogP contribution in [-0.4, -0.2) is 30.6 Å². The first-order chi connectivity index (χ1) is 10.6. The third-order valence-electron chi connectivity index (χ3n) is 3.74. The van der Waals surface area contributed by atoms with Crippen LogP contribution in [0.1, 0.15) is 32.6 Å². The van der Waals surface area contributed by atoms with E-state index in [0.29, 0.717) is 18.0 Å². The Morgan fingerprint density at radius 2 is 1.86 bits per heavy atom. The first-order valence-corrected chi connectivity index (χ1v) is 7.52. The molecule has 3 N–H and O–H groups in total. The minimum atomic E-state index is -0.699. The Morgan fingerprint density at radius 3 is 2.41 bits per heavy atom. The van der Waals surface area contributed by atoms with Crippen LogP contribution in [-0.2, 0) is 14.3 Å². The largest absolute Gasteiger partial charge is 0.484 e. The van der Waals surface area contributed by atoms with E-state index in [2.05, 4.69) is 5.32 Å². The maximum atomic E-state index is 12.5. The van der Waals surface area contributed by atoms with Crippen LogP contribution in [0.4, 0.5) is 5.69 Å². The number of nitrogens with two attached hydrogens (primary N) is 1. The fraction of sp³-hybridized carbons (Fsp3) is 0.500. The summed E-state index contributed by atoms with van der Waals surface area (Å²) in [5.41, 5.74) is 4.98. The number of anilines is 1. The van der Waals surface area contributed by atoms with Crippen LogP contribution in [0.25, 0.3) is 0 Å². The van der Waals surface area contributed by atoms with Gasteiger partial charge in [-0.25, -0.2) is 0 Å². The maximum Gasteiger partial charge on any atom is 0.256 e. The highest BCUT2D eigenvalue weighted by Gasteiger charge is 2.41. The van der Waals surface area contributed by atoms with Crippen molar-refractivity contribution in [3.05, 3.63) is 24.3 Å². The maximum absolute atomic E-state index is 12.5. The topological polar surface area (TPSA) is 90.7 Å². The molecule has 0 saturated heterocycles. The Balaban J connectivity index is 1.97. The molecule has 6 nitrogen and oxygen atoms in total. The molecule has 0 spiro atoms. The molecular weight excluding hydrogens is 284 g/mol. The average Bonchev–Trinajstić information content (AvgIpc) is 2.97. The summed E-state index contributed by atoms with van der Waals surface area (Å²) in [4.78, 5) is 23.2. The molecule has 22 heavy (non-hydrogen) atoms. The summed E-state index contributed by atoms with van der Waals surface area (Å²) >= 11 is 0. The van der Waals surface area contributed by atoms with Gasteiger partial charge in [0.05, 0.1) is 0 Å². The monoisotopic (exact) mass is 306 g/mol. The molecule has 1 aliphatic carbocycles. The van der Waals surface area contributed by atoms with E-state index in [9.17, 15) is 9.59 Å². The zero-order chi connectivity index (χ0) is 16.0. The zero-order valence-electron chi connectivity index (χ0n) is 12.8. The lowest BCUT2D eigenvalue weighted by atomic mass is 10.0. The van der Waals surface area contributed by atoms with Gasteiger partial charge in [-0.05, 0) is 56.9 Å². The van der Waals surface area contributed by atoms with Crippen LogP contribution in [0, 0.1) is 0 Å². The van der Waals surface area contributed by atoms with E-state index in [1.807, 2.05) is 6.92 Å². The molecule has 6 heteroatoms. The lowest BCUT2D eigenvalue weighted by Crippen LogP contribution is -2.43. The second-order valence-electron chi connectivity index (χ2n) is 5.37. The van der Waals surface area contributed by atoms with Gasteiger partial charge in [-0.3, -0.25) is 9.59 Å². The van der Waals surface area contributed by atoms with Crippen molar-refractivity contribution in [2.75, 3.05) is 18.5 Å². The Kier molecular flexibility index (Phi) is 5.38. The Hall–Kier alpha value is -2.08. The van der Waals surface area contributed by atoms with Crippen molar-refractivity contribution in [3.63, 3.8) is 0 Å². The van der Waals surface area contributed by atoms with Crippen LogP contribution >= 0.6 is 0 Å². The molecule has 2 amide bonds. The quantitative estimate of drug-likeness (QED) is 0.804. The lowest BCUT2D eigenvalue weighted by Gasteiger charge is -2.27. The minimum absolute atomic E-state index is 0.0994. The summed E-state index contributed by atoms with van der Waals surface area (Å²) in [5.74, 6) is -0.105. The van der Waals surface area contributed by atoms with Crippen LogP contribution in [0.5, 0.6) is 5.75 Å². The predicted octanol–water partition coefficient (Wildman–Crippen LogP) is 1.84. The number of ether oxygens (including phenoxy) is 2. The molecule has 1 fully saturated rings. The standard InChI is InChI=1S/C16H22N2O4/c1-2-22-16(9-3-4-10-16)15(20)18-12-5-7-13(8-6-12)21-11-14(17)19/h5-8H,2-4,9-11H2,1H3,(H2,17,19)(H,18,20). The van der Waals surface area contributed by atoms with Gasteiger partial charge in [0.15, 0.2) is 6.61 Å². The number of carbonyl (C=O) groups is 2. The van der Waals surface area contributed by atoms with Crippen molar-refractivity contribution in [2.45, 2.75) is 38.2 Å². The number of hydrogen-bond donors (Lipinski definition) is 2. The van der Waals surface area contributed by atoms with Crippen LogP contribution in [0.15, 0.2) is 24.3 Å². The molecule has 1 saturated carbocycles. The van der Waals surface area contributed by atoms with Gasteiger partial charge in [0.1, 0.15) is 11.4 Å². The molecule has 0 heterocycles. The van der Waals surface area contributed by atoms with E-state index in [-0.39, 0.29) is 12.5 Å². The van der Waals surface area contributed by atoms with Gasteiger partial charge in [0, 0.05) is 12.3 Å². The Labute approximate surface area is 130 Å². The van der Waals surface area contributed by atoms with Gasteiger partial charge in [-0.1, -0.05) is 0 Å². The molecule has 1 aliphatic rings. The fourth-order valence-electron chi connectivity index (χ4n) is 2.69. The van der Waals surface area contributed by atoms with Gasteiger partial charge in [0.2, 0.25) is 0 Å². The molecule has 0 bridgehead atoms. The molecule has 1 aromatic rings. The van der Waals surface area contributed by atoms with Crippen molar-refractivity contribution in [3.8, 4) is 5.75 Å². The Morgan fingerprint density at radius 1 is 1.23 bits per heavy atom. The van der Waals surface area contributed by atoms with Crippen LogP contribution in [0.3, 0.4) is 0 Å². The van der Waals surface area contributed by atoms with Gasteiger partial charge < -0.3 is 20.5 Å². The highest BCUT2D eigenvalue weighted by atomic mass is 16.5. The first-order valence-electron chi connectivity index (χ1n) is 7.52. The summed E-state index contributed by atoms with van der Waals surface area (Å²) in [6, 6.07) is 6.81. The number of benzene rings is 1. The number of hydrogen-bond acceptors (Lipinski definition) is 4. The second kappa shape index (κ2) is 7.26. The van der Waals surface area contributed by atoms with Crippen molar-refractivity contribution >= 4 is 17.5 Å². The third-order valence-corrected chi connectivity index (χ3v) is 3.74. The molecule has 0 unspecified atom stereocenters. The van der Waals surface area contributed by atoms with E-state index >= 15 is 0 Å². The van der Waals surface area contributed by atoms with Crippen LogP contribution in [0.2, 0.25) is 0 Å². The van der Waals surface area contributed by atoms with E-state index in [0.717, 1.165) is 25.7 Å². The summed E-state index contributed by atoms with van der Waals surface area (Å²) < 4.78 is 10.9. The zero-order valence-corrected chi connectivity index (χ0v) is 12.8. The molecule has 0 aliphatic heterocycles.